The number of hydrogen-bond donors (Lipinski definition) is 3. The van der Waals surface area contributed by atoms with Gasteiger partial charge in [-0.1, -0.05) is 53.5 Å². The molecule has 4 aromatic rings. The van der Waals surface area contributed by atoms with Gasteiger partial charge in [0.05, 0.1) is 17.6 Å². The van der Waals surface area contributed by atoms with Crippen LogP contribution in [0.2, 0.25) is 10.0 Å². The maximum atomic E-state index is 13.0. The first-order valence-corrected chi connectivity index (χ1v) is 11.6. The number of carbonyl (C=O) groups is 2. The fourth-order valence-corrected chi connectivity index (χ4v) is 3.99. The lowest BCUT2D eigenvalue weighted by Crippen LogP contribution is -2.32. The SMILES string of the molecule is CNCC(=O)Nc1c(C(=O)C(C)(C)O)oc2nc(-c3ccccc3Cl)c(-c3ccc(Cl)cc3)cc12. The van der Waals surface area contributed by atoms with Crippen molar-refractivity contribution in [1.29, 1.82) is 0 Å². The van der Waals surface area contributed by atoms with Gasteiger partial charge >= 0.3 is 0 Å². The van der Waals surface area contributed by atoms with Gasteiger partial charge in [-0.2, -0.15) is 0 Å². The van der Waals surface area contributed by atoms with Crippen molar-refractivity contribution in [3.8, 4) is 22.4 Å². The molecule has 0 aliphatic heterocycles. The molecule has 180 valence electrons. The number of aliphatic hydroxyl groups is 1. The first-order chi connectivity index (χ1) is 16.6. The third kappa shape index (κ3) is 5.09. The second-order valence-electron chi connectivity index (χ2n) is 8.50. The Bertz CT molecular complexity index is 1420. The van der Waals surface area contributed by atoms with Gasteiger partial charge < -0.3 is 20.2 Å². The molecular formula is C26H23Cl2N3O4. The third-order valence-corrected chi connectivity index (χ3v) is 5.91. The Kier molecular flexibility index (Phi) is 6.96. The molecule has 0 radical (unpaired) electrons. The zero-order valence-electron chi connectivity index (χ0n) is 19.3. The van der Waals surface area contributed by atoms with Crippen molar-refractivity contribution in [3.63, 3.8) is 0 Å². The summed E-state index contributed by atoms with van der Waals surface area (Å²) in [6.07, 6.45) is 0. The van der Waals surface area contributed by atoms with Gasteiger partial charge in [0.25, 0.3) is 0 Å². The van der Waals surface area contributed by atoms with Crippen molar-refractivity contribution in [3.05, 3.63) is 70.4 Å². The number of benzene rings is 2. The van der Waals surface area contributed by atoms with E-state index in [1.54, 1.807) is 31.3 Å². The quantitative estimate of drug-likeness (QED) is 0.279. The Morgan fingerprint density at radius 2 is 1.74 bits per heavy atom. The Morgan fingerprint density at radius 3 is 2.37 bits per heavy atom. The second-order valence-corrected chi connectivity index (χ2v) is 9.34. The second kappa shape index (κ2) is 9.79. The van der Waals surface area contributed by atoms with Crippen LogP contribution in [0.3, 0.4) is 0 Å². The van der Waals surface area contributed by atoms with Gasteiger partial charge in [-0.3, -0.25) is 9.59 Å². The van der Waals surface area contributed by atoms with Crippen molar-refractivity contribution in [1.82, 2.24) is 10.3 Å². The van der Waals surface area contributed by atoms with Crippen LogP contribution in [0, 0.1) is 0 Å². The summed E-state index contributed by atoms with van der Waals surface area (Å²) < 4.78 is 5.86. The van der Waals surface area contributed by atoms with Crippen LogP contribution in [0.4, 0.5) is 5.69 Å². The summed E-state index contributed by atoms with van der Waals surface area (Å²) in [7, 11) is 1.63. The summed E-state index contributed by atoms with van der Waals surface area (Å²) in [5.41, 5.74) is 1.19. The van der Waals surface area contributed by atoms with E-state index in [2.05, 4.69) is 10.6 Å². The lowest BCUT2D eigenvalue weighted by molar-refractivity contribution is -0.115. The molecule has 7 nitrogen and oxygen atoms in total. The lowest BCUT2D eigenvalue weighted by Gasteiger charge is -2.14. The minimum Gasteiger partial charge on any atom is -0.432 e. The third-order valence-electron chi connectivity index (χ3n) is 5.33. The molecule has 0 bridgehead atoms. The number of furan rings is 1. The number of nitrogens with one attached hydrogen (secondary N) is 2. The lowest BCUT2D eigenvalue weighted by atomic mass is 9.97. The van der Waals surface area contributed by atoms with E-state index in [4.69, 9.17) is 32.6 Å². The van der Waals surface area contributed by atoms with E-state index in [-0.39, 0.29) is 29.6 Å². The van der Waals surface area contributed by atoms with Gasteiger partial charge in [0.1, 0.15) is 11.3 Å². The van der Waals surface area contributed by atoms with Crippen molar-refractivity contribution < 1.29 is 19.1 Å². The average molecular weight is 512 g/mol. The summed E-state index contributed by atoms with van der Waals surface area (Å²) in [6, 6.07) is 16.2. The maximum Gasteiger partial charge on any atom is 0.238 e. The number of aromatic nitrogens is 1. The minimum atomic E-state index is -1.74. The van der Waals surface area contributed by atoms with E-state index in [0.717, 1.165) is 5.56 Å². The van der Waals surface area contributed by atoms with E-state index >= 15 is 0 Å². The van der Waals surface area contributed by atoms with Crippen LogP contribution in [-0.4, -0.2) is 41.0 Å². The van der Waals surface area contributed by atoms with Crippen LogP contribution < -0.4 is 10.6 Å². The van der Waals surface area contributed by atoms with Crippen molar-refractivity contribution in [2.24, 2.45) is 0 Å². The molecule has 4 rings (SSSR count). The highest BCUT2D eigenvalue weighted by molar-refractivity contribution is 6.33. The highest BCUT2D eigenvalue weighted by Gasteiger charge is 2.33. The van der Waals surface area contributed by atoms with Crippen LogP contribution in [0.25, 0.3) is 33.5 Å². The predicted octanol–water partition coefficient (Wildman–Crippen LogP) is 5.58. The van der Waals surface area contributed by atoms with Gasteiger partial charge in [0.15, 0.2) is 5.76 Å². The molecular weight excluding hydrogens is 489 g/mol. The molecule has 2 aromatic carbocycles. The largest absolute Gasteiger partial charge is 0.432 e. The minimum absolute atomic E-state index is 0.0119. The van der Waals surface area contributed by atoms with E-state index in [1.165, 1.54) is 13.8 Å². The van der Waals surface area contributed by atoms with Crippen LogP contribution in [0.15, 0.2) is 59.0 Å². The summed E-state index contributed by atoms with van der Waals surface area (Å²) in [4.78, 5) is 30.2. The molecule has 3 N–H and O–H groups in total. The number of Topliss-reactive ketones (excluding diaryl/α,β-unsaturated/α-hetero) is 1. The van der Waals surface area contributed by atoms with Crippen LogP contribution in [0.1, 0.15) is 24.4 Å². The van der Waals surface area contributed by atoms with Crippen molar-refractivity contribution >= 4 is 51.7 Å². The highest BCUT2D eigenvalue weighted by Crippen LogP contribution is 2.41. The Hall–Kier alpha value is -3.23. The molecule has 0 saturated carbocycles. The van der Waals surface area contributed by atoms with Gasteiger partial charge in [-0.25, -0.2) is 4.98 Å². The Balaban J connectivity index is 2.04. The molecule has 1 amide bonds. The Labute approximate surface area is 212 Å². The molecule has 35 heavy (non-hydrogen) atoms. The normalized spacial score (nSPS) is 11.6. The summed E-state index contributed by atoms with van der Waals surface area (Å²) >= 11 is 12.6. The van der Waals surface area contributed by atoms with E-state index in [0.29, 0.717) is 32.3 Å². The summed E-state index contributed by atoms with van der Waals surface area (Å²) in [5.74, 6) is -1.27. The topological polar surface area (TPSA) is 104 Å². The fraction of sp³-hybridized carbons (Fsp3) is 0.192. The molecule has 0 saturated heterocycles. The number of likely N-dealkylation sites (N-methyl/N-ethyl adjacent to an activating group) is 1. The molecule has 2 heterocycles. The van der Waals surface area contributed by atoms with E-state index in [1.807, 2.05) is 30.3 Å². The molecule has 0 unspecified atom stereocenters. The van der Waals surface area contributed by atoms with Crippen molar-refractivity contribution in [2.75, 3.05) is 18.9 Å². The molecule has 0 aliphatic rings. The number of pyridine rings is 1. The number of hydrogen-bond acceptors (Lipinski definition) is 6. The predicted molar refractivity (Wildman–Crippen MR) is 138 cm³/mol. The number of carbonyl (C=O) groups excluding carboxylic acids is 2. The van der Waals surface area contributed by atoms with E-state index in [9.17, 15) is 14.7 Å². The number of amides is 1. The number of rotatable bonds is 7. The van der Waals surface area contributed by atoms with Gasteiger partial charge in [0.2, 0.25) is 17.4 Å². The molecule has 0 fully saturated rings. The smallest absolute Gasteiger partial charge is 0.238 e. The fourth-order valence-electron chi connectivity index (χ4n) is 3.64. The monoisotopic (exact) mass is 511 g/mol. The van der Waals surface area contributed by atoms with Crippen molar-refractivity contribution in [2.45, 2.75) is 19.4 Å². The molecule has 0 atom stereocenters. The molecule has 2 aromatic heterocycles. The summed E-state index contributed by atoms with van der Waals surface area (Å²) in [5, 5.41) is 17.3. The molecule has 9 heteroatoms. The average Bonchev–Trinajstić information content (AvgIpc) is 3.15. The maximum absolute atomic E-state index is 13.0. The van der Waals surface area contributed by atoms with Crippen LogP contribution in [-0.2, 0) is 4.79 Å². The number of anilines is 1. The first kappa shape index (κ1) is 24.9. The van der Waals surface area contributed by atoms with E-state index < -0.39 is 11.4 Å². The van der Waals surface area contributed by atoms with Crippen LogP contribution >= 0.6 is 23.2 Å². The van der Waals surface area contributed by atoms with Gasteiger partial charge in [0, 0.05) is 21.2 Å². The molecule has 0 aliphatic carbocycles. The zero-order valence-corrected chi connectivity index (χ0v) is 20.8. The highest BCUT2D eigenvalue weighted by atomic mass is 35.5. The molecule has 0 spiro atoms. The number of fused-ring (bicyclic) bond motifs is 1. The number of ketones is 1. The van der Waals surface area contributed by atoms with Gasteiger partial charge in [-0.05, 0) is 50.7 Å². The standard InChI is InChI=1S/C26H23Cl2N3O4/c1-26(2,34)24(33)23-22(30-20(32)13-29-3)18-12-17(14-8-10-15(27)11-9-14)21(31-25(18)35-23)16-6-4-5-7-19(16)28/h4-12,29,34H,13H2,1-3H3,(H,30,32). The van der Waals surface area contributed by atoms with Gasteiger partial charge in [-0.15, -0.1) is 0 Å². The number of halogens is 2. The Morgan fingerprint density at radius 1 is 1.06 bits per heavy atom. The van der Waals surface area contributed by atoms with Crippen LogP contribution in [0.5, 0.6) is 0 Å². The number of nitrogens with zero attached hydrogens (tertiary/aromatic N) is 1. The first-order valence-electron chi connectivity index (χ1n) is 10.8. The zero-order chi connectivity index (χ0) is 25.3. The summed E-state index contributed by atoms with van der Waals surface area (Å²) in [6.45, 7) is 2.71.